The van der Waals surface area contributed by atoms with Gasteiger partial charge in [-0.1, -0.05) is 35.3 Å². The van der Waals surface area contributed by atoms with Crippen LogP contribution in [0, 0.1) is 5.92 Å². The number of nitrogens with zero attached hydrogens (tertiary/aromatic N) is 2. The fourth-order valence-electron chi connectivity index (χ4n) is 5.66. The molecule has 218 valence electrons. The molecule has 2 heterocycles. The maximum Gasteiger partial charge on any atom is 0.416 e. The Morgan fingerprint density at radius 2 is 1.68 bits per heavy atom. The van der Waals surface area contributed by atoms with Gasteiger partial charge in [0.2, 0.25) is 0 Å². The Balaban J connectivity index is 1.32. The Hall–Kier alpha value is -3.01. The SMILES string of the molecule is O=C(Oc1ccc(Cl)cc1)N1CCC2=C(NC3=CC=C(Cl)CC32)C1c1ccc(OCCCN(CCO)CCO)cc1. The number of halogens is 2. The van der Waals surface area contributed by atoms with Crippen molar-refractivity contribution in [2.45, 2.75) is 25.3 Å². The summed E-state index contributed by atoms with van der Waals surface area (Å²) in [6, 6.07) is 14.2. The zero-order valence-corrected chi connectivity index (χ0v) is 24.3. The minimum atomic E-state index is -0.429. The van der Waals surface area contributed by atoms with E-state index in [4.69, 9.17) is 32.7 Å². The zero-order chi connectivity index (χ0) is 28.8. The second-order valence-corrected chi connectivity index (χ2v) is 11.2. The molecule has 41 heavy (non-hydrogen) atoms. The molecular formula is C31H35Cl2N3O5. The minimum absolute atomic E-state index is 0.0579. The number of hydrogen-bond acceptors (Lipinski definition) is 7. The van der Waals surface area contributed by atoms with Crippen molar-refractivity contribution >= 4 is 29.3 Å². The average Bonchev–Trinajstić information content (AvgIpc) is 3.34. The van der Waals surface area contributed by atoms with Crippen LogP contribution in [0.25, 0.3) is 0 Å². The number of aliphatic hydroxyl groups excluding tert-OH is 2. The summed E-state index contributed by atoms with van der Waals surface area (Å²) >= 11 is 12.4. The van der Waals surface area contributed by atoms with E-state index in [2.05, 4.69) is 5.32 Å². The molecule has 8 nitrogen and oxygen atoms in total. The number of amides is 1. The molecule has 0 bridgehead atoms. The highest BCUT2D eigenvalue weighted by molar-refractivity contribution is 6.30. The van der Waals surface area contributed by atoms with E-state index in [0.29, 0.717) is 37.0 Å². The van der Waals surface area contributed by atoms with Crippen LogP contribution in [0.2, 0.25) is 5.02 Å². The number of rotatable bonds is 11. The molecule has 1 amide bonds. The molecule has 2 unspecified atom stereocenters. The van der Waals surface area contributed by atoms with Crippen molar-refractivity contribution in [1.29, 1.82) is 0 Å². The van der Waals surface area contributed by atoms with Crippen molar-refractivity contribution in [3.8, 4) is 11.5 Å². The maximum absolute atomic E-state index is 13.5. The molecule has 0 saturated heterocycles. The predicted molar refractivity (Wildman–Crippen MR) is 159 cm³/mol. The van der Waals surface area contributed by atoms with Gasteiger partial charge in [-0.25, -0.2) is 4.79 Å². The van der Waals surface area contributed by atoms with Crippen molar-refractivity contribution in [2.75, 3.05) is 46.0 Å². The first kappa shape index (κ1) is 29.5. The Labute approximate surface area is 250 Å². The third-order valence-electron chi connectivity index (χ3n) is 7.64. The number of fused-ring (bicyclic) bond motifs is 2. The lowest BCUT2D eigenvalue weighted by Gasteiger charge is -2.36. The van der Waals surface area contributed by atoms with E-state index in [0.717, 1.165) is 53.5 Å². The van der Waals surface area contributed by atoms with E-state index in [9.17, 15) is 15.0 Å². The van der Waals surface area contributed by atoms with Gasteiger partial charge < -0.3 is 25.0 Å². The molecule has 1 aliphatic carbocycles. The monoisotopic (exact) mass is 599 g/mol. The predicted octanol–water partition coefficient (Wildman–Crippen LogP) is 5.23. The molecular weight excluding hydrogens is 565 g/mol. The van der Waals surface area contributed by atoms with Gasteiger partial charge in [0.25, 0.3) is 0 Å². The summed E-state index contributed by atoms with van der Waals surface area (Å²) in [7, 11) is 0. The van der Waals surface area contributed by atoms with Gasteiger partial charge >= 0.3 is 6.09 Å². The highest BCUT2D eigenvalue weighted by Gasteiger charge is 2.42. The van der Waals surface area contributed by atoms with E-state index in [1.165, 1.54) is 5.57 Å². The summed E-state index contributed by atoms with van der Waals surface area (Å²) < 4.78 is 11.7. The molecule has 10 heteroatoms. The van der Waals surface area contributed by atoms with Gasteiger partial charge in [-0.3, -0.25) is 9.80 Å². The third-order valence-corrected chi connectivity index (χ3v) is 8.17. The van der Waals surface area contributed by atoms with Crippen LogP contribution in [0.3, 0.4) is 0 Å². The van der Waals surface area contributed by atoms with E-state index >= 15 is 0 Å². The van der Waals surface area contributed by atoms with E-state index in [1.54, 1.807) is 29.2 Å². The quantitative estimate of drug-likeness (QED) is 0.305. The van der Waals surface area contributed by atoms with Crippen molar-refractivity contribution in [1.82, 2.24) is 15.1 Å². The summed E-state index contributed by atoms with van der Waals surface area (Å²) in [5.74, 6) is 1.36. The van der Waals surface area contributed by atoms with Gasteiger partial charge in [-0.15, -0.1) is 0 Å². The van der Waals surface area contributed by atoms with Crippen LogP contribution >= 0.6 is 23.2 Å². The molecule has 0 spiro atoms. The zero-order valence-electron chi connectivity index (χ0n) is 22.8. The number of carbonyl (C=O) groups excluding carboxylic acids is 1. The smallest absolute Gasteiger partial charge is 0.416 e. The lowest BCUT2D eigenvalue weighted by Crippen LogP contribution is -2.42. The first-order chi connectivity index (χ1) is 20.0. The van der Waals surface area contributed by atoms with Crippen LogP contribution < -0.4 is 14.8 Å². The van der Waals surface area contributed by atoms with E-state index in [-0.39, 0.29) is 25.2 Å². The maximum atomic E-state index is 13.5. The molecule has 2 aromatic carbocycles. The van der Waals surface area contributed by atoms with Gasteiger partial charge in [0.05, 0.1) is 19.8 Å². The second kappa shape index (κ2) is 13.8. The molecule has 3 N–H and O–H groups in total. The number of nitrogens with one attached hydrogen (secondary N) is 1. The van der Waals surface area contributed by atoms with Crippen molar-refractivity contribution in [3.05, 3.63) is 93.3 Å². The lowest BCUT2D eigenvalue weighted by atomic mass is 9.85. The van der Waals surface area contributed by atoms with Crippen LogP contribution in [-0.2, 0) is 0 Å². The summed E-state index contributed by atoms with van der Waals surface area (Å²) in [6.07, 6.45) is 5.78. The summed E-state index contributed by atoms with van der Waals surface area (Å²) in [4.78, 5) is 17.3. The fraction of sp³-hybridized carbons (Fsp3) is 0.387. The van der Waals surface area contributed by atoms with Gasteiger partial charge in [-0.05, 0) is 78.9 Å². The number of benzene rings is 2. The molecule has 5 rings (SSSR count). The number of aliphatic hydroxyl groups is 2. The van der Waals surface area contributed by atoms with Crippen LogP contribution in [0.5, 0.6) is 11.5 Å². The molecule has 3 aliphatic rings. The Bertz CT molecular complexity index is 1300. The van der Waals surface area contributed by atoms with Gasteiger partial charge in [-0.2, -0.15) is 0 Å². The first-order valence-corrected chi connectivity index (χ1v) is 14.7. The number of carbonyl (C=O) groups is 1. The Morgan fingerprint density at radius 1 is 0.976 bits per heavy atom. The lowest BCUT2D eigenvalue weighted by molar-refractivity contribution is 0.134. The van der Waals surface area contributed by atoms with Crippen molar-refractivity contribution in [2.24, 2.45) is 5.92 Å². The highest BCUT2D eigenvalue weighted by atomic mass is 35.5. The molecule has 0 saturated carbocycles. The van der Waals surface area contributed by atoms with Crippen LogP contribution in [0.1, 0.15) is 30.9 Å². The second-order valence-electron chi connectivity index (χ2n) is 10.3. The van der Waals surface area contributed by atoms with E-state index < -0.39 is 6.09 Å². The largest absolute Gasteiger partial charge is 0.494 e. The van der Waals surface area contributed by atoms with Gasteiger partial charge in [0.1, 0.15) is 17.5 Å². The van der Waals surface area contributed by atoms with Crippen LogP contribution in [-0.4, -0.2) is 72.1 Å². The molecule has 2 aliphatic heterocycles. The number of hydrogen-bond donors (Lipinski definition) is 3. The molecule has 2 aromatic rings. The molecule has 2 atom stereocenters. The summed E-state index contributed by atoms with van der Waals surface area (Å²) in [5, 5.41) is 23.4. The average molecular weight is 601 g/mol. The molecule has 0 radical (unpaired) electrons. The number of allylic oxidation sites excluding steroid dienone is 4. The van der Waals surface area contributed by atoms with Crippen LogP contribution in [0.4, 0.5) is 4.79 Å². The molecule has 0 fully saturated rings. The Kier molecular flexibility index (Phi) is 9.90. The van der Waals surface area contributed by atoms with Gasteiger partial charge in [0, 0.05) is 53.5 Å². The minimum Gasteiger partial charge on any atom is -0.494 e. The molecule has 0 aromatic heterocycles. The summed E-state index contributed by atoms with van der Waals surface area (Å²) in [5.41, 5.74) is 4.33. The van der Waals surface area contributed by atoms with Crippen molar-refractivity contribution in [3.63, 3.8) is 0 Å². The first-order valence-electron chi connectivity index (χ1n) is 13.9. The van der Waals surface area contributed by atoms with Crippen molar-refractivity contribution < 1.29 is 24.5 Å². The fourth-order valence-corrected chi connectivity index (χ4v) is 6.00. The van der Waals surface area contributed by atoms with Gasteiger partial charge in [0.15, 0.2) is 0 Å². The Morgan fingerprint density at radius 3 is 2.39 bits per heavy atom. The summed E-state index contributed by atoms with van der Waals surface area (Å²) in [6.45, 7) is 2.92. The number of ether oxygens (including phenoxy) is 2. The highest BCUT2D eigenvalue weighted by Crippen LogP contribution is 2.47. The third kappa shape index (κ3) is 7.08. The normalized spacial score (nSPS) is 19.8. The van der Waals surface area contributed by atoms with Crippen LogP contribution in [0.15, 0.2) is 82.7 Å². The topological polar surface area (TPSA) is 94.5 Å². The van der Waals surface area contributed by atoms with E-state index in [1.807, 2.05) is 41.3 Å². The standard InChI is InChI=1S/C31H35Cl2N3O5/c32-22-4-9-25(10-5-22)41-31(39)36-14-12-26-27-20-23(33)6-11-28(27)34-29(26)30(36)21-2-7-24(8-3-21)40-19-1-13-35(15-17-37)16-18-38/h2-11,27,30,34,37-38H,1,12-20H2.